The summed E-state index contributed by atoms with van der Waals surface area (Å²) in [6.07, 6.45) is 1.64. The van der Waals surface area contributed by atoms with Crippen molar-refractivity contribution in [3.8, 4) is 11.4 Å². The standard InChI is InChI=1S/C17H16N4O2S/c1-23-15-9-7-13(8-10-15)19-16(22)11-24-17-20-18-12-21(17)14-5-3-2-4-6-14/h2-10,12H,11H2,1H3,(H,19,22). The number of anilines is 1. The van der Waals surface area contributed by atoms with Gasteiger partial charge in [0.1, 0.15) is 12.1 Å². The van der Waals surface area contributed by atoms with Crippen molar-refractivity contribution < 1.29 is 9.53 Å². The van der Waals surface area contributed by atoms with E-state index in [4.69, 9.17) is 4.74 Å². The molecule has 7 heteroatoms. The molecule has 0 saturated heterocycles. The maximum atomic E-state index is 12.1. The van der Waals surface area contributed by atoms with Crippen LogP contribution in [0.25, 0.3) is 5.69 Å². The minimum Gasteiger partial charge on any atom is -0.497 e. The van der Waals surface area contributed by atoms with E-state index < -0.39 is 0 Å². The molecule has 0 atom stereocenters. The number of ether oxygens (including phenoxy) is 1. The summed E-state index contributed by atoms with van der Waals surface area (Å²) in [5, 5.41) is 11.5. The molecule has 6 nitrogen and oxygen atoms in total. The largest absolute Gasteiger partial charge is 0.497 e. The Hall–Kier alpha value is -2.80. The lowest BCUT2D eigenvalue weighted by Gasteiger charge is -2.07. The van der Waals surface area contributed by atoms with Crippen molar-refractivity contribution in [3.63, 3.8) is 0 Å². The zero-order chi connectivity index (χ0) is 16.8. The smallest absolute Gasteiger partial charge is 0.234 e. The number of rotatable bonds is 6. The van der Waals surface area contributed by atoms with Crippen LogP contribution in [0.2, 0.25) is 0 Å². The van der Waals surface area contributed by atoms with Gasteiger partial charge in [-0.2, -0.15) is 0 Å². The summed E-state index contributed by atoms with van der Waals surface area (Å²) in [6, 6.07) is 17.0. The molecule has 1 aromatic heterocycles. The number of hydrogen-bond acceptors (Lipinski definition) is 5. The average Bonchev–Trinajstić information content (AvgIpc) is 3.10. The molecule has 2 aromatic carbocycles. The highest BCUT2D eigenvalue weighted by atomic mass is 32.2. The Kier molecular flexibility index (Phi) is 5.12. The normalized spacial score (nSPS) is 10.4. The molecule has 0 radical (unpaired) electrons. The molecule has 1 N–H and O–H groups in total. The second kappa shape index (κ2) is 7.65. The fourth-order valence-electron chi connectivity index (χ4n) is 2.09. The first-order valence-corrected chi connectivity index (χ1v) is 8.27. The Balaban J connectivity index is 1.60. The van der Waals surface area contributed by atoms with Gasteiger partial charge in [0.2, 0.25) is 5.91 Å². The number of thioether (sulfide) groups is 1. The van der Waals surface area contributed by atoms with Crippen LogP contribution in [0.5, 0.6) is 5.75 Å². The van der Waals surface area contributed by atoms with E-state index in [-0.39, 0.29) is 11.7 Å². The van der Waals surface area contributed by atoms with Crippen LogP contribution in [0.4, 0.5) is 5.69 Å². The molecule has 1 heterocycles. The van der Waals surface area contributed by atoms with Gasteiger partial charge >= 0.3 is 0 Å². The third-order valence-electron chi connectivity index (χ3n) is 3.26. The number of methoxy groups -OCH3 is 1. The lowest BCUT2D eigenvalue weighted by Crippen LogP contribution is -2.14. The van der Waals surface area contributed by atoms with Crippen molar-refractivity contribution in [2.45, 2.75) is 5.16 Å². The van der Waals surface area contributed by atoms with Crippen LogP contribution in [0.1, 0.15) is 0 Å². The highest BCUT2D eigenvalue weighted by Crippen LogP contribution is 2.20. The molecule has 3 rings (SSSR count). The molecular formula is C17H16N4O2S. The van der Waals surface area contributed by atoms with Crippen LogP contribution in [-0.4, -0.2) is 33.5 Å². The minimum atomic E-state index is -0.104. The number of benzene rings is 2. The summed E-state index contributed by atoms with van der Waals surface area (Å²) in [6.45, 7) is 0. The van der Waals surface area contributed by atoms with Gasteiger partial charge in [-0.15, -0.1) is 10.2 Å². The van der Waals surface area contributed by atoms with Gasteiger partial charge in [-0.25, -0.2) is 0 Å². The lowest BCUT2D eigenvalue weighted by molar-refractivity contribution is -0.113. The van der Waals surface area contributed by atoms with Crippen molar-refractivity contribution in [1.29, 1.82) is 0 Å². The van der Waals surface area contributed by atoms with Gasteiger partial charge in [0.05, 0.1) is 12.9 Å². The molecule has 1 amide bonds. The molecule has 0 saturated carbocycles. The maximum Gasteiger partial charge on any atom is 0.234 e. The molecule has 0 fully saturated rings. The summed E-state index contributed by atoms with van der Waals surface area (Å²) < 4.78 is 6.94. The number of nitrogens with zero attached hydrogens (tertiary/aromatic N) is 3. The topological polar surface area (TPSA) is 69.0 Å². The molecule has 24 heavy (non-hydrogen) atoms. The van der Waals surface area contributed by atoms with E-state index in [2.05, 4.69) is 15.5 Å². The predicted octanol–water partition coefficient (Wildman–Crippen LogP) is 3.01. The van der Waals surface area contributed by atoms with E-state index >= 15 is 0 Å². The summed E-state index contributed by atoms with van der Waals surface area (Å²) >= 11 is 1.34. The van der Waals surface area contributed by atoms with Crippen LogP contribution in [0, 0.1) is 0 Å². The average molecular weight is 340 g/mol. The highest BCUT2D eigenvalue weighted by Gasteiger charge is 2.10. The van der Waals surface area contributed by atoms with Crippen molar-refractivity contribution in [2.75, 3.05) is 18.2 Å². The lowest BCUT2D eigenvalue weighted by atomic mass is 10.3. The quantitative estimate of drug-likeness (QED) is 0.699. The SMILES string of the molecule is COc1ccc(NC(=O)CSc2nncn2-c2ccccc2)cc1. The van der Waals surface area contributed by atoms with Crippen LogP contribution >= 0.6 is 11.8 Å². The van der Waals surface area contributed by atoms with E-state index in [1.807, 2.05) is 34.9 Å². The van der Waals surface area contributed by atoms with Gasteiger partial charge in [-0.1, -0.05) is 30.0 Å². The van der Waals surface area contributed by atoms with Crippen molar-refractivity contribution in [2.24, 2.45) is 0 Å². The van der Waals surface area contributed by atoms with E-state index in [1.54, 1.807) is 37.7 Å². The van der Waals surface area contributed by atoms with Gasteiger partial charge in [-0.05, 0) is 36.4 Å². The van der Waals surface area contributed by atoms with E-state index in [9.17, 15) is 4.79 Å². The molecule has 0 aliphatic rings. The summed E-state index contributed by atoms with van der Waals surface area (Å²) in [4.78, 5) is 12.1. The molecule has 122 valence electrons. The van der Waals surface area contributed by atoms with Crippen LogP contribution in [-0.2, 0) is 4.79 Å². The minimum absolute atomic E-state index is 0.104. The Bertz CT molecular complexity index is 803. The van der Waals surface area contributed by atoms with Crippen molar-refractivity contribution >= 4 is 23.4 Å². The van der Waals surface area contributed by atoms with Crippen LogP contribution < -0.4 is 10.1 Å². The van der Waals surface area contributed by atoms with E-state index in [0.717, 1.165) is 17.1 Å². The van der Waals surface area contributed by atoms with Gasteiger partial charge in [0.25, 0.3) is 0 Å². The molecule has 0 aliphatic heterocycles. The summed E-state index contributed by atoms with van der Waals surface area (Å²) in [7, 11) is 1.60. The first-order chi connectivity index (χ1) is 11.8. The third-order valence-corrected chi connectivity index (χ3v) is 4.20. The second-order valence-electron chi connectivity index (χ2n) is 4.88. The molecule has 3 aromatic rings. The first-order valence-electron chi connectivity index (χ1n) is 7.28. The zero-order valence-corrected chi connectivity index (χ0v) is 13.9. The number of amides is 1. The van der Waals surface area contributed by atoms with E-state index in [1.165, 1.54) is 11.8 Å². The number of carbonyl (C=O) groups excluding carboxylic acids is 1. The predicted molar refractivity (Wildman–Crippen MR) is 93.7 cm³/mol. The number of nitrogens with one attached hydrogen (secondary N) is 1. The Morgan fingerprint density at radius 3 is 2.62 bits per heavy atom. The molecule has 0 spiro atoms. The van der Waals surface area contributed by atoms with Crippen LogP contribution in [0.15, 0.2) is 66.1 Å². The van der Waals surface area contributed by atoms with Gasteiger partial charge in [0, 0.05) is 11.4 Å². The first kappa shape index (κ1) is 16.1. The van der Waals surface area contributed by atoms with E-state index in [0.29, 0.717) is 5.16 Å². The Labute approximate surface area is 143 Å². The fraction of sp³-hybridized carbons (Fsp3) is 0.118. The molecule has 0 aliphatic carbocycles. The Morgan fingerprint density at radius 2 is 1.92 bits per heavy atom. The molecule has 0 unspecified atom stereocenters. The van der Waals surface area contributed by atoms with Gasteiger partial charge in [-0.3, -0.25) is 9.36 Å². The molecule has 0 bridgehead atoms. The number of para-hydroxylation sites is 1. The van der Waals surface area contributed by atoms with Crippen molar-refractivity contribution in [1.82, 2.24) is 14.8 Å². The Morgan fingerprint density at radius 1 is 1.17 bits per heavy atom. The summed E-state index contributed by atoms with van der Waals surface area (Å²) in [5.41, 5.74) is 1.69. The second-order valence-corrected chi connectivity index (χ2v) is 5.83. The number of aromatic nitrogens is 3. The third kappa shape index (κ3) is 3.94. The number of carbonyl (C=O) groups is 1. The monoisotopic (exact) mass is 340 g/mol. The zero-order valence-electron chi connectivity index (χ0n) is 13.0. The molecular weight excluding hydrogens is 324 g/mol. The number of hydrogen-bond donors (Lipinski definition) is 1. The van der Waals surface area contributed by atoms with Crippen molar-refractivity contribution in [3.05, 3.63) is 60.9 Å². The maximum absolute atomic E-state index is 12.1. The van der Waals surface area contributed by atoms with Gasteiger partial charge in [0.15, 0.2) is 5.16 Å². The highest BCUT2D eigenvalue weighted by molar-refractivity contribution is 7.99. The summed E-state index contributed by atoms with van der Waals surface area (Å²) in [5.74, 6) is 0.892. The van der Waals surface area contributed by atoms with Gasteiger partial charge < -0.3 is 10.1 Å². The fourth-order valence-corrected chi connectivity index (χ4v) is 2.82. The van der Waals surface area contributed by atoms with Crippen LogP contribution in [0.3, 0.4) is 0 Å².